The van der Waals surface area contributed by atoms with Gasteiger partial charge in [0, 0.05) is 29.7 Å². The summed E-state index contributed by atoms with van der Waals surface area (Å²) in [6.45, 7) is 3.20. The summed E-state index contributed by atoms with van der Waals surface area (Å²) < 4.78 is 0. The molecule has 1 heterocycles. The summed E-state index contributed by atoms with van der Waals surface area (Å²) >= 11 is 0. The van der Waals surface area contributed by atoms with E-state index in [4.69, 9.17) is 5.26 Å². The average Bonchev–Trinajstić information content (AvgIpc) is 2.69. The van der Waals surface area contributed by atoms with Crippen LogP contribution in [0.15, 0.2) is 54.6 Å². The van der Waals surface area contributed by atoms with Gasteiger partial charge in [0.2, 0.25) is 11.9 Å². The molecule has 0 aliphatic rings. The summed E-state index contributed by atoms with van der Waals surface area (Å²) in [5, 5.41) is 17.3. The highest BCUT2D eigenvalue weighted by atomic mass is 16.2. The molecule has 0 fully saturated rings. The highest BCUT2D eigenvalue weighted by Gasteiger charge is 2.11. The second kappa shape index (κ2) is 8.63. The number of amides is 2. The van der Waals surface area contributed by atoms with E-state index in [0.29, 0.717) is 28.3 Å². The minimum absolute atomic E-state index is 0.166. The third-order valence-corrected chi connectivity index (χ3v) is 3.82. The number of nitrogens with zero attached hydrogens (tertiary/aromatic N) is 3. The zero-order chi connectivity index (χ0) is 20.8. The average molecular weight is 386 g/mol. The lowest BCUT2D eigenvalue weighted by atomic mass is 10.2. The van der Waals surface area contributed by atoms with E-state index in [2.05, 4.69) is 32.0 Å². The second-order valence-corrected chi connectivity index (χ2v) is 6.24. The maximum atomic E-state index is 12.6. The molecule has 8 heteroatoms. The molecular weight excluding hydrogens is 368 g/mol. The fraction of sp³-hybridized carbons (Fsp3) is 0.0952. The van der Waals surface area contributed by atoms with Gasteiger partial charge in [0.05, 0.1) is 11.6 Å². The molecule has 2 aromatic carbocycles. The molecule has 3 rings (SSSR count). The van der Waals surface area contributed by atoms with Crippen molar-refractivity contribution in [3.05, 3.63) is 71.5 Å². The fourth-order valence-corrected chi connectivity index (χ4v) is 2.53. The zero-order valence-corrected chi connectivity index (χ0v) is 15.9. The molecule has 1 aromatic heterocycles. The van der Waals surface area contributed by atoms with Crippen LogP contribution in [-0.4, -0.2) is 21.8 Å². The number of nitriles is 1. The number of carbonyl (C=O) groups excluding carboxylic acids is 2. The molecule has 0 unspecified atom stereocenters. The van der Waals surface area contributed by atoms with E-state index in [1.807, 2.05) is 0 Å². The largest absolute Gasteiger partial charge is 0.326 e. The van der Waals surface area contributed by atoms with Gasteiger partial charge in [-0.1, -0.05) is 0 Å². The smallest absolute Gasteiger partial charge is 0.274 e. The maximum Gasteiger partial charge on any atom is 0.274 e. The van der Waals surface area contributed by atoms with Gasteiger partial charge in [0.15, 0.2) is 0 Å². The lowest BCUT2D eigenvalue weighted by Crippen LogP contribution is -2.15. The number of nitrogens with one attached hydrogen (secondary N) is 3. The van der Waals surface area contributed by atoms with Crippen molar-refractivity contribution < 1.29 is 9.59 Å². The van der Waals surface area contributed by atoms with E-state index >= 15 is 0 Å². The molecule has 0 aliphatic carbocycles. The molecular formula is C21H18N6O2. The van der Waals surface area contributed by atoms with Crippen molar-refractivity contribution in [1.29, 1.82) is 5.26 Å². The molecule has 29 heavy (non-hydrogen) atoms. The van der Waals surface area contributed by atoms with Crippen LogP contribution >= 0.6 is 0 Å². The van der Waals surface area contributed by atoms with Gasteiger partial charge in [-0.3, -0.25) is 9.59 Å². The van der Waals surface area contributed by atoms with Gasteiger partial charge >= 0.3 is 0 Å². The van der Waals surface area contributed by atoms with Crippen LogP contribution in [-0.2, 0) is 4.79 Å². The van der Waals surface area contributed by atoms with E-state index in [-0.39, 0.29) is 23.5 Å². The lowest BCUT2D eigenvalue weighted by Gasteiger charge is -2.09. The van der Waals surface area contributed by atoms with Gasteiger partial charge < -0.3 is 16.0 Å². The third-order valence-electron chi connectivity index (χ3n) is 3.82. The summed E-state index contributed by atoms with van der Waals surface area (Å²) in [7, 11) is 0. The number of hydrogen-bond acceptors (Lipinski definition) is 6. The molecule has 0 saturated heterocycles. The molecule has 0 spiro atoms. The van der Waals surface area contributed by atoms with E-state index in [9.17, 15) is 9.59 Å². The Morgan fingerprint density at radius 3 is 2.07 bits per heavy atom. The van der Waals surface area contributed by atoms with Gasteiger partial charge in [-0.05, 0) is 61.5 Å². The minimum atomic E-state index is -0.384. The number of anilines is 4. The Balaban J connectivity index is 1.73. The Morgan fingerprint density at radius 1 is 0.897 bits per heavy atom. The first-order chi connectivity index (χ1) is 13.9. The first-order valence-corrected chi connectivity index (χ1v) is 8.75. The Labute approximate surface area is 167 Å². The summed E-state index contributed by atoms with van der Waals surface area (Å²) in [5.41, 5.74) is 3.30. The Hall–Kier alpha value is -4.25. The maximum absolute atomic E-state index is 12.6. The number of aromatic nitrogens is 2. The van der Waals surface area contributed by atoms with Crippen LogP contribution in [0.5, 0.6) is 0 Å². The quantitative estimate of drug-likeness (QED) is 0.616. The molecule has 0 aliphatic heterocycles. The van der Waals surface area contributed by atoms with E-state index < -0.39 is 0 Å². The lowest BCUT2D eigenvalue weighted by molar-refractivity contribution is -0.114. The molecule has 3 aromatic rings. The van der Waals surface area contributed by atoms with Crippen LogP contribution in [0.3, 0.4) is 0 Å². The van der Waals surface area contributed by atoms with Crippen molar-refractivity contribution in [1.82, 2.24) is 9.97 Å². The monoisotopic (exact) mass is 386 g/mol. The summed E-state index contributed by atoms with van der Waals surface area (Å²) in [6.07, 6.45) is 0. The van der Waals surface area contributed by atoms with Crippen LogP contribution in [0.4, 0.5) is 23.0 Å². The first kappa shape index (κ1) is 19.5. The van der Waals surface area contributed by atoms with E-state index in [1.54, 1.807) is 61.5 Å². The highest BCUT2D eigenvalue weighted by Crippen LogP contribution is 2.17. The third kappa shape index (κ3) is 5.37. The van der Waals surface area contributed by atoms with Crippen molar-refractivity contribution in [2.75, 3.05) is 16.0 Å². The normalized spacial score (nSPS) is 9.97. The minimum Gasteiger partial charge on any atom is -0.326 e. The van der Waals surface area contributed by atoms with Crippen LogP contribution in [0.1, 0.15) is 28.7 Å². The van der Waals surface area contributed by atoms with Crippen molar-refractivity contribution in [2.24, 2.45) is 0 Å². The van der Waals surface area contributed by atoms with E-state index in [1.165, 1.54) is 6.92 Å². The van der Waals surface area contributed by atoms with Gasteiger partial charge in [0.1, 0.15) is 5.69 Å². The number of rotatable bonds is 5. The van der Waals surface area contributed by atoms with E-state index in [0.717, 1.165) is 0 Å². The molecule has 8 nitrogen and oxygen atoms in total. The SMILES string of the molecule is CC(=O)Nc1ccc(NC(=O)c2cc(C)nc(Nc3ccc(C#N)cc3)n2)cc1. The second-order valence-electron chi connectivity index (χ2n) is 6.24. The number of aryl methyl sites for hydroxylation is 1. The van der Waals surface area contributed by atoms with Gasteiger partial charge in [-0.25, -0.2) is 9.97 Å². The van der Waals surface area contributed by atoms with Crippen LogP contribution in [0, 0.1) is 18.3 Å². The summed E-state index contributed by atoms with van der Waals surface area (Å²) in [6, 6.07) is 17.2. The first-order valence-electron chi connectivity index (χ1n) is 8.75. The Bertz CT molecular complexity index is 1090. The number of hydrogen-bond donors (Lipinski definition) is 3. The molecule has 0 atom stereocenters. The number of carbonyl (C=O) groups is 2. The zero-order valence-electron chi connectivity index (χ0n) is 15.9. The predicted molar refractivity (Wildman–Crippen MR) is 110 cm³/mol. The molecule has 0 bridgehead atoms. The van der Waals surface area contributed by atoms with Crippen LogP contribution < -0.4 is 16.0 Å². The van der Waals surface area contributed by atoms with Gasteiger partial charge in [0.25, 0.3) is 5.91 Å². The van der Waals surface area contributed by atoms with Gasteiger partial charge in [-0.2, -0.15) is 5.26 Å². The molecule has 0 radical (unpaired) electrons. The molecule has 0 saturated carbocycles. The van der Waals surface area contributed by atoms with Crippen molar-refractivity contribution >= 4 is 34.8 Å². The van der Waals surface area contributed by atoms with Crippen molar-refractivity contribution in [3.8, 4) is 6.07 Å². The topological polar surface area (TPSA) is 120 Å². The fourth-order valence-electron chi connectivity index (χ4n) is 2.53. The number of benzene rings is 2. The van der Waals surface area contributed by atoms with Crippen LogP contribution in [0.2, 0.25) is 0 Å². The Kier molecular flexibility index (Phi) is 5.80. The Morgan fingerprint density at radius 2 is 1.48 bits per heavy atom. The predicted octanol–water partition coefficient (Wildman–Crippen LogP) is 3.61. The summed E-state index contributed by atoms with van der Waals surface area (Å²) in [5.74, 6) is -0.271. The summed E-state index contributed by atoms with van der Waals surface area (Å²) in [4.78, 5) is 32.2. The highest BCUT2D eigenvalue weighted by molar-refractivity contribution is 6.03. The molecule has 144 valence electrons. The van der Waals surface area contributed by atoms with Crippen molar-refractivity contribution in [2.45, 2.75) is 13.8 Å². The molecule has 2 amide bonds. The molecule has 3 N–H and O–H groups in total. The van der Waals surface area contributed by atoms with Gasteiger partial charge in [-0.15, -0.1) is 0 Å². The standard InChI is InChI=1S/C21H18N6O2/c1-13-11-19(20(29)25-17-9-7-16(8-10-17)24-14(2)28)27-21(23-13)26-18-5-3-15(12-22)4-6-18/h3-11H,1-2H3,(H,24,28)(H,25,29)(H,23,26,27). The van der Waals surface area contributed by atoms with Crippen molar-refractivity contribution in [3.63, 3.8) is 0 Å². The van der Waals surface area contributed by atoms with Crippen LogP contribution in [0.25, 0.3) is 0 Å².